The van der Waals surface area contributed by atoms with E-state index in [1.165, 1.54) is 12.1 Å². The van der Waals surface area contributed by atoms with Crippen molar-refractivity contribution < 1.29 is 13.9 Å². The van der Waals surface area contributed by atoms with Crippen LogP contribution < -0.4 is 15.4 Å². The molecule has 0 fully saturated rings. The van der Waals surface area contributed by atoms with Gasteiger partial charge in [0.25, 0.3) is 5.91 Å². The fourth-order valence-corrected chi connectivity index (χ4v) is 2.56. The molecule has 138 valence electrons. The molecule has 4 nitrogen and oxygen atoms in total. The summed E-state index contributed by atoms with van der Waals surface area (Å²) < 4.78 is 18.6. The third kappa shape index (κ3) is 5.72. The van der Waals surface area contributed by atoms with Crippen molar-refractivity contribution in [1.82, 2.24) is 0 Å². The maximum atomic E-state index is 13.0. The lowest BCUT2D eigenvalue weighted by atomic mass is 10.2. The van der Waals surface area contributed by atoms with Crippen LogP contribution in [0.4, 0.5) is 15.8 Å². The van der Waals surface area contributed by atoms with E-state index in [9.17, 15) is 9.18 Å². The van der Waals surface area contributed by atoms with E-state index in [-0.39, 0.29) is 18.3 Å². The van der Waals surface area contributed by atoms with Gasteiger partial charge in [0.15, 0.2) is 6.61 Å². The van der Waals surface area contributed by atoms with E-state index < -0.39 is 0 Å². The number of carbonyl (C=O) groups is 1. The van der Waals surface area contributed by atoms with Crippen LogP contribution >= 0.6 is 11.6 Å². The Morgan fingerprint density at radius 1 is 0.926 bits per heavy atom. The topological polar surface area (TPSA) is 50.4 Å². The normalized spacial score (nSPS) is 10.3. The molecule has 0 aliphatic rings. The molecule has 0 aliphatic heterocycles. The summed E-state index contributed by atoms with van der Waals surface area (Å²) >= 11 is 5.83. The van der Waals surface area contributed by atoms with E-state index in [1.54, 1.807) is 42.5 Å². The van der Waals surface area contributed by atoms with Crippen LogP contribution in [-0.2, 0) is 11.3 Å². The number of carbonyl (C=O) groups excluding carboxylic acids is 1. The Morgan fingerprint density at radius 2 is 1.59 bits per heavy atom. The molecule has 3 rings (SSSR count). The standard InChI is InChI=1S/C21H18ClFN2O2/c22-16-5-9-19(10-6-16)25-21(26)14-27-20-4-2-1-3-15(20)13-24-18-11-7-17(23)8-12-18/h1-12,24H,13-14H2,(H,25,26). The van der Waals surface area contributed by atoms with Crippen LogP contribution in [-0.4, -0.2) is 12.5 Å². The van der Waals surface area contributed by atoms with Crippen LogP contribution in [0, 0.1) is 5.82 Å². The van der Waals surface area contributed by atoms with Gasteiger partial charge in [-0.05, 0) is 54.6 Å². The first-order valence-electron chi connectivity index (χ1n) is 8.36. The van der Waals surface area contributed by atoms with Gasteiger partial charge in [0.2, 0.25) is 0 Å². The molecule has 0 radical (unpaired) electrons. The molecular weight excluding hydrogens is 367 g/mol. The highest BCUT2D eigenvalue weighted by molar-refractivity contribution is 6.30. The van der Waals surface area contributed by atoms with Gasteiger partial charge < -0.3 is 15.4 Å². The fourth-order valence-electron chi connectivity index (χ4n) is 2.43. The van der Waals surface area contributed by atoms with Gasteiger partial charge in [-0.1, -0.05) is 29.8 Å². The summed E-state index contributed by atoms with van der Waals surface area (Å²) in [5.41, 5.74) is 2.34. The van der Waals surface area contributed by atoms with E-state index in [0.717, 1.165) is 11.3 Å². The second kappa shape index (κ2) is 9.05. The van der Waals surface area contributed by atoms with Gasteiger partial charge in [0.05, 0.1) is 0 Å². The molecule has 0 spiro atoms. The monoisotopic (exact) mass is 384 g/mol. The second-order valence-corrected chi connectivity index (χ2v) is 6.25. The molecule has 27 heavy (non-hydrogen) atoms. The van der Waals surface area contributed by atoms with Crippen LogP contribution in [0.25, 0.3) is 0 Å². The molecule has 0 heterocycles. The fraction of sp³-hybridized carbons (Fsp3) is 0.0952. The van der Waals surface area contributed by atoms with E-state index in [2.05, 4.69) is 10.6 Å². The number of halogens is 2. The molecule has 0 unspecified atom stereocenters. The Morgan fingerprint density at radius 3 is 2.33 bits per heavy atom. The lowest BCUT2D eigenvalue weighted by Gasteiger charge is -2.13. The molecule has 0 saturated heterocycles. The molecule has 0 atom stereocenters. The highest BCUT2D eigenvalue weighted by atomic mass is 35.5. The molecule has 0 aromatic heterocycles. The highest BCUT2D eigenvalue weighted by Crippen LogP contribution is 2.20. The first kappa shape index (κ1) is 18.7. The van der Waals surface area contributed by atoms with Gasteiger partial charge in [-0.25, -0.2) is 4.39 Å². The van der Waals surface area contributed by atoms with Gasteiger partial charge >= 0.3 is 0 Å². The Bertz CT molecular complexity index is 899. The summed E-state index contributed by atoms with van der Waals surface area (Å²) in [7, 11) is 0. The number of benzene rings is 3. The van der Waals surface area contributed by atoms with Crippen molar-refractivity contribution in [2.75, 3.05) is 17.2 Å². The summed E-state index contributed by atoms with van der Waals surface area (Å²) in [5, 5.41) is 6.55. The zero-order valence-corrected chi connectivity index (χ0v) is 15.2. The minimum Gasteiger partial charge on any atom is -0.483 e. The SMILES string of the molecule is O=C(COc1ccccc1CNc1ccc(F)cc1)Nc1ccc(Cl)cc1. The van der Waals surface area contributed by atoms with Crippen LogP contribution in [0.3, 0.4) is 0 Å². The molecule has 3 aromatic rings. The van der Waals surface area contributed by atoms with Crippen molar-refractivity contribution in [1.29, 1.82) is 0 Å². The predicted octanol–water partition coefficient (Wildman–Crippen LogP) is 5.11. The average Bonchev–Trinajstić information content (AvgIpc) is 2.68. The number of nitrogens with one attached hydrogen (secondary N) is 2. The van der Waals surface area contributed by atoms with Gasteiger partial charge in [0.1, 0.15) is 11.6 Å². The van der Waals surface area contributed by atoms with Crippen molar-refractivity contribution in [3.8, 4) is 5.75 Å². The van der Waals surface area contributed by atoms with Gasteiger partial charge in [0, 0.05) is 28.5 Å². The van der Waals surface area contributed by atoms with E-state index >= 15 is 0 Å². The molecule has 1 amide bonds. The van der Waals surface area contributed by atoms with Gasteiger partial charge in [-0.15, -0.1) is 0 Å². The van der Waals surface area contributed by atoms with Crippen molar-refractivity contribution >= 4 is 28.9 Å². The van der Waals surface area contributed by atoms with Crippen LogP contribution in [0.2, 0.25) is 5.02 Å². The molecule has 0 aliphatic carbocycles. The molecule has 2 N–H and O–H groups in total. The summed E-state index contributed by atoms with van der Waals surface area (Å²) in [6.07, 6.45) is 0. The number of hydrogen-bond acceptors (Lipinski definition) is 3. The molecule has 0 saturated carbocycles. The zero-order valence-electron chi connectivity index (χ0n) is 14.4. The molecular formula is C21H18ClFN2O2. The molecule has 0 bridgehead atoms. The molecule has 3 aromatic carbocycles. The van der Waals surface area contributed by atoms with Crippen molar-refractivity contribution in [2.45, 2.75) is 6.54 Å². The van der Waals surface area contributed by atoms with Crippen LogP contribution in [0.5, 0.6) is 5.75 Å². The van der Waals surface area contributed by atoms with Crippen LogP contribution in [0.1, 0.15) is 5.56 Å². The van der Waals surface area contributed by atoms with Crippen molar-refractivity contribution in [2.24, 2.45) is 0 Å². The lowest BCUT2D eigenvalue weighted by molar-refractivity contribution is -0.118. The number of anilines is 2. The number of amides is 1. The van der Waals surface area contributed by atoms with E-state index in [4.69, 9.17) is 16.3 Å². The zero-order chi connectivity index (χ0) is 19.1. The van der Waals surface area contributed by atoms with E-state index in [0.29, 0.717) is 23.0 Å². The Kier molecular flexibility index (Phi) is 6.28. The number of hydrogen-bond donors (Lipinski definition) is 2. The quantitative estimate of drug-likeness (QED) is 0.595. The minimum absolute atomic E-state index is 0.115. The minimum atomic E-state index is -0.281. The second-order valence-electron chi connectivity index (χ2n) is 5.81. The lowest BCUT2D eigenvalue weighted by Crippen LogP contribution is -2.20. The van der Waals surface area contributed by atoms with Crippen molar-refractivity contribution in [3.05, 3.63) is 89.2 Å². The Labute approximate surface area is 161 Å². The summed E-state index contributed by atoms with van der Waals surface area (Å²) in [4.78, 5) is 12.1. The number of para-hydroxylation sites is 1. The average molecular weight is 385 g/mol. The summed E-state index contributed by atoms with van der Waals surface area (Å²) in [6.45, 7) is 0.372. The maximum Gasteiger partial charge on any atom is 0.262 e. The van der Waals surface area contributed by atoms with Crippen LogP contribution in [0.15, 0.2) is 72.8 Å². The number of rotatable bonds is 7. The third-order valence-corrected chi connectivity index (χ3v) is 4.04. The van der Waals surface area contributed by atoms with E-state index in [1.807, 2.05) is 18.2 Å². The van der Waals surface area contributed by atoms with Gasteiger partial charge in [-0.3, -0.25) is 4.79 Å². The van der Waals surface area contributed by atoms with Crippen molar-refractivity contribution in [3.63, 3.8) is 0 Å². The summed E-state index contributed by atoms with van der Waals surface area (Å²) in [5.74, 6) is 0.0629. The molecule has 6 heteroatoms. The Balaban J connectivity index is 1.56. The number of ether oxygens (including phenoxy) is 1. The van der Waals surface area contributed by atoms with Gasteiger partial charge in [-0.2, -0.15) is 0 Å². The first-order chi connectivity index (χ1) is 13.1. The maximum absolute atomic E-state index is 13.0. The Hall–Kier alpha value is -3.05. The highest BCUT2D eigenvalue weighted by Gasteiger charge is 2.07. The third-order valence-electron chi connectivity index (χ3n) is 3.79. The first-order valence-corrected chi connectivity index (χ1v) is 8.73. The predicted molar refractivity (Wildman–Crippen MR) is 106 cm³/mol. The summed E-state index contributed by atoms with van der Waals surface area (Å²) in [6, 6.07) is 20.4. The largest absolute Gasteiger partial charge is 0.483 e. The smallest absolute Gasteiger partial charge is 0.262 e.